The van der Waals surface area contributed by atoms with Gasteiger partial charge in [-0.05, 0) is 44.0 Å². The number of nitrogens with zero attached hydrogens (tertiary/aromatic N) is 3. The molecule has 1 aliphatic heterocycles. The normalized spacial score (nSPS) is 16.2. The molecule has 2 heterocycles. The highest BCUT2D eigenvalue weighted by molar-refractivity contribution is 5.79. The number of para-hydroxylation sites is 1. The quantitative estimate of drug-likeness (QED) is 0.831. The molecule has 0 radical (unpaired) electrons. The number of aromatic nitrogens is 2. The van der Waals surface area contributed by atoms with Crippen molar-refractivity contribution in [3.8, 4) is 0 Å². The van der Waals surface area contributed by atoms with Crippen LogP contribution in [-0.4, -0.2) is 46.8 Å². The van der Waals surface area contributed by atoms with E-state index in [9.17, 15) is 9.59 Å². The Labute approximate surface area is 147 Å². The van der Waals surface area contributed by atoms with E-state index in [1.165, 1.54) is 32.1 Å². The van der Waals surface area contributed by atoms with Crippen molar-refractivity contribution in [1.29, 1.82) is 0 Å². The van der Waals surface area contributed by atoms with Crippen LogP contribution in [0, 0.1) is 5.92 Å². The van der Waals surface area contributed by atoms with E-state index in [4.69, 9.17) is 0 Å². The molecule has 1 atom stereocenters. The van der Waals surface area contributed by atoms with Gasteiger partial charge in [0.25, 0.3) is 0 Å². The van der Waals surface area contributed by atoms with Gasteiger partial charge in [0.2, 0.25) is 11.3 Å². The number of rotatable bonds is 7. The minimum absolute atomic E-state index is 0.0258. The first-order chi connectivity index (χ1) is 12.1. The van der Waals surface area contributed by atoms with Crippen LogP contribution in [0.1, 0.15) is 26.2 Å². The summed E-state index contributed by atoms with van der Waals surface area (Å²) in [5.74, 6) is 0.478. The van der Waals surface area contributed by atoms with Crippen LogP contribution in [-0.2, 0) is 11.3 Å². The van der Waals surface area contributed by atoms with Gasteiger partial charge < -0.3 is 10.2 Å². The number of hydrogen-bond acceptors (Lipinski definition) is 4. The highest BCUT2D eigenvalue weighted by Crippen LogP contribution is 2.10. The number of benzene rings is 1. The van der Waals surface area contributed by atoms with Gasteiger partial charge in [0.1, 0.15) is 0 Å². The Bertz CT molecular complexity index is 780. The molecule has 6 heteroatoms. The largest absolute Gasteiger partial charge is 0.356 e. The van der Waals surface area contributed by atoms with Crippen molar-refractivity contribution in [3.05, 3.63) is 40.7 Å². The standard InChI is InChI=1S/C19H26N4O2/c1-15(14-22-9-4-5-10-22)12-20-19(25)8-11-23-17-7-3-2-6-16(17)18(24)13-21-23/h2-3,6-7,13,15H,4-5,8-12,14H2,1H3,(H,20,25). The van der Waals surface area contributed by atoms with E-state index in [-0.39, 0.29) is 11.3 Å². The molecule has 6 nitrogen and oxygen atoms in total. The van der Waals surface area contributed by atoms with E-state index < -0.39 is 0 Å². The maximum Gasteiger partial charge on any atom is 0.221 e. The third-order valence-corrected chi connectivity index (χ3v) is 4.73. The zero-order valence-electron chi connectivity index (χ0n) is 14.8. The average Bonchev–Trinajstić information content (AvgIpc) is 3.12. The van der Waals surface area contributed by atoms with Crippen LogP contribution < -0.4 is 10.7 Å². The smallest absolute Gasteiger partial charge is 0.221 e. The average molecular weight is 342 g/mol. The van der Waals surface area contributed by atoms with Crippen molar-refractivity contribution in [2.24, 2.45) is 5.92 Å². The van der Waals surface area contributed by atoms with Crippen molar-refractivity contribution >= 4 is 16.8 Å². The lowest BCUT2D eigenvalue weighted by molar-refractivity contribution is -0.121. The van der Waals surface area contributed by atoms with E-state index in [2.05, 4.69) is 22.2 Å². The van der Waals surface area contributed by atoms with Gasteiger partial charge in [-0.3, -0.25) is 14.3 Å². The Kier molecular flexibility index (Phi) is 5.81. The molecule has 1 aromatic carbocycles. The number of likely N-dealkylation sites (tertiary alicyclic amines) is 1. The molecule has 134 valence electrons. The molecule has 3 rings (SSSR count). The van der Waals surface area contributed by atoms with Gasteiger partial charge in [-0.15, -0.1) is 0 Å². The molecule has 1 aliphatic rings. The summed E-state index contributed by atoms with van der Waals surface area (Å²) >= 11 is 0. The Morgan fingerprint density at radius 3 is 2.84 bits per heavy atom. The van der Waals surface area contributed by atoms with Crippen molar-refractivity contribution in [2.75, 3.05) is 26.2 Å². The summed E-state index contributed by atoms with van der Waals surface area (Å²) in [7, 11) is 0. The first-order valence-corrected chi connectivity index (χ1v) is 9.07. The molecule has 0 aliphatic carbocycles. The zero-order valence-corrected chi connectivity index (χ0v) is 14.8. The third kappa shape index (κ3) is 4.66. The monoisotopic (exact) mass is 342 g/mol. The van der Waals surface area contributed by atoms with Crippen LogP contribution in [0.25, 0.3) is 10.9 Å². The van der Waals surface area contributed by atoms with Gasteiger partial charge in [0.15, 0.2) is 0 Å². The third-order valence-electron chi connectivity index (χ3n) is 4.73. The van der Waals surface area contributed by atoms with Gasteiger partial charge in [-0.25, -0.2) is 0 Å². The Balaban J connectivity index is 1.49. The Morgan fingerprint density at radius 1 is 1.28 bits per heavy atom. The molecule has 1 aromatic heterocycles. The van der Waals surface area contributed by atoms with Crippen LogP contribution in [0.3, 0.4) is 0 Å². The fourth-order valence-corrected chi connectivity index (χ4v) is 3.39. The zero-order chi connectivity index (χ0) is 17.6. The lowest BCUT2D eigenvalue weighted by atomic mass is 10.1. The van der Waals surface area contributed by atoms with E-state index >= 15 is 0 Å². The van der Waals surface area contributed by atoms with Crippen molar-refractivity contribution in [1.82, 2.24) is 20.0 Å². The fraction of sp³-hybridized carbons (Fsp3) is 0.526. The lowest BCUT2D eigenvalue weighted by Gasteiger charge is -2.20. The molecule has 25 heavy (non-hydrogen) atoms. The van der Waals surface area contributed by atoms with Gasteiger partial charge in [-0.2, -0.15) is 5.10 Å². The molecule has 1 N–H and O–H groups in total. The Morgan fingerprint density at radius 2 is 2.04 bits per heavy atom. The number of nitrogens with one attached hydrogen (secondary N) is 1. The molecule has 2 aromatic rings. The topological polar surface area (TPSA) is 67.2 Å². The minimum atomic E-state index is -0.0907. The summed E-state index contributed by atoms with van der Waals surface area (Å²) in [6.07, 6.45) is 4.26. The molecule has 1 unspecified atom stereocenters. The molecule has 0 bridgehead atoms. The second-order valence-corrected chi connectivity index (χ2v) is 6.92. The van der Waals surface area contributed by atoms with E-state index in [1.807, 2.05) is 18.2 Å². The van der Waals surface area contributed by atoms with Crippen LogP contribution in [0.15, 0.2) is 35.3 Å². The molecular weight excluding hydrogens is 316 g/mol. The van der Waals surface area contributed by atoms with Gasteiger partial charge >= 0.3 is 0 Å². The number of aryl methyl sites for hydroxylation is 1. The summed E-state index contributed by atoms with van der Waals surface area (Å²) in [5.41, 5.74) is 0.678. The van der Waals surface area contributed by atoms with Crippen molar-refractivity contribution in [2.45, 2.75) is 32.7 Å². The first-order valence-electron chi connectivity index (χ1n) is 9.07. The number of carbonyl (C=O) groups is 1. The number of hydrogen-bond donors (Lipinski definition) is 1. The SMILES string of the molecule is CC(CNC(=O)CCn1ncc(=O)c2ccccc21)CN1CCCC1. The van der Waals surface area contributed by atoms with Crippen LogP contribution in [0.2, 0.25) is 0 Å². The summed E-state index contributed by atoms with van der Waals surface area (Å²) in [6, 6.07) is 7.36. The summed E-state index contributed by atoms with van der Waals surface area (Å²) in [5, 5.41) is 7.81. The summed E-state index contributed by atoms with van der Waals surface area (Å²) in [6.45, 7) is 6.76. The van der Waals surface area contributed by atoms with E-state index in [0.717, 1.165) is 12.1 Å². The van der Waals surface area contributed by atoms with Crippen molar-refractivity contribution < 1.29 is 4.79 Å². The van der Waals surface area contributed by atoms with Gasteiger partial charge in [0.05, 0.1) is 18.3 Å². The van der Waals surface area contributed by atoms with Crippen LogP contribution in [0.5, 0.6) is 0 Å². The summed E-state index contributed by atoms with van der Waals surface area (Å²) in [4.78, 5) is 26.4. The molecular formula is C19H26N4O2. The summed E-state index contributed by atoms with van der Waals surface area (Å²) < 4.78 is 1.73. The maximum absolute atomic E-state index is 12.1. The molecule has 0 saturated carbocycles. The van der Waals surface area contributed by atoms with Crippen LogP contribution in [0.4, 0.5) is 0 Å². The minimum Gasteiger partial charge on any atom is -0.356 e. The number of carbonyl (C=O) groups excluding carboxylic acids is 1. The van der Waals surface area contributed by atoms with Gasteiger partial charge in [-0.1, -0.05) is 19.1 Å². The second-order valence-electron chi connectivity index (χ2n) is 6.92. The van der Waals surface area contributed by atoms with E-state index in [1.54, 1.807) is 10.7 Å². The maximum atomic E-state index is 12.1. The predicted octanol–water partition coefficient (Wildman–Crippen LogP) is 1.63. The number of amides is 1. The molecule has 1 amide bonds. The lowest BCUT2D eigenvalue weighted by Crippen LogP contribution is -2.34. The molecule has 1 fully saturated rings. The number of fused-ring (bicyclic) bond motifs is 1. The van der Waals surface area contributed by atoms with Crippen LogP contribution >= 0.6 is 0 Å². The molecule has 1 saturated heterocycles. The first kappa shape index (κ1) is 17.6. The Hall–Kier alpha value is -2.21. The highest BCUT2D eigenvalue weighted by atomic mass is 16.1. The highest BCUT2D eigenvalue weighted by Gasteiger charge is 2.15. The van der Waals surface area contributed by atoms with E-state index in [0.29, 0.717) is 30.8 Å². The fourth-order valence-electron chi connectivity index (χ4n) is 3.39. The van der Waals surface area contributed by atoms with Gasteiger partial charge in [0, 0.05) is 24.9 Å². The van der Waals surface area contributed by atoms with Crippen molar-refractivity contribution in [3.63, 3.8) is 0 Å². The molecule has 0 spiro atoms. The second kappa shape index (κ2) is 8.25. The predicted molar refractivity (Wildman–Crippen MR) is 98.5 cm³/mol.